The number of para-hydroxylation sites is 2. The number of hydrogen-bond donors (Lipinski definition) is 3. The molecule has 0 saturated heterocycles. The Morgan fingerprint density at radius 3 is 2.47 bits per heavy atom. The van der Waals surface area contributed by atoms with E-state index in [1.165, 1.54) is 0 Å². The number of aliphatic hydroxyl groups excluding tert-OH is 1. The summed E-state index contributed by atoms with van der Waals surface area (Å²) in [5.74, 6) is -0.0260. The first-order valence-electron chi connectivity index (χ1n) is 10.3. The second-order valence-corrected chi connectivity index (χ2v) is 6.90. The Bertz CT molecular complexity index is 834. The quantitative estimate of drug-likeness (QED) is 0.308. The molecule has 0 aliphatic carbocycles. The number of hydrogen-bond acceptors (Lipinski definition) is 8. The van der Waals surface area contributed by atoms with Crippen molar-refractivity contribution in [3.05, 3.63) is 60.2 Å². The third-order valence-corrected chi connectivity index (χ3v) is 4.60. The molecule has 9 heteroatoms. The van der Waals surface area contributed by atoms with E-state index in [0.717, 1.165) is 0 Å². The minimum Gasteiger partial charge on any atom is -0.491 e. The lowest BCUT2D eigenvalue weighted by atomic mass is 10.0. The van der Waals surface area contributed by atoms with Crippen molar-refractivity contribution >= 4 is 30.4 Å². The van der Waals surface area contributed by atoms with Gasteiger partial charge in [-0.1, -0.05) is 36.4 Å². The molecule has 0 saturated carbocycles. The molecule has 0 aromatic heterocycles. The molecule has 8 nitrogen and oxygen atoms in total. The van der Waals surface area contributed by atoms with E-state index in [4.69, 9.17) is 24.1 Å². The minimum absolute atomic E-state index is 0.0312. The molecule has 0 spiro atoms. The summed E-state index contributed by atoms with van der Waals surface area (Å²) in [4.78, 5) is 24.2. The standard InChI is InChI=1S/C23H29NO7S/c1-2-28-20(12-14-30-21(26)16-32)22(18-10-6-7-11-19(18)29-15-13-25)31-23(27)24-17-8-4-3-5-9-17/h3-11,20,22,25,32H,2,12-16H2,1H3,(H,24,27)/t20-,22-/m1/s1. The number of esters is 1. The Balaban J connectivity index is 2.27. The molecule has 2 N–H and O–H groups in total. The summed E-state index contributed by atoms with van der Waals surface area (Å²) >= 11 is 3.90. The van der Waals surface area contributed by atoms with Gasteiger partial charge in [-0.05, 0) is 25.1 Å². The smallest absolute Gasteiger partial charge is 0.412 e. The number of amides is 1. The molecular formula is C23H29NO7S. The summed E-state index contributed by atoms with van der Waals surface area (Å²) in [7, 11) is 0. The molecule has 0 aliphatic rings. The van der Waals surface area contributed by atoms with Crippen LogP contribution in [0.2, 0.25) is 0 Å². The van der Waals surface area contributed by atoms with Crippen LogP contribution in [0.3, 0.4) is 0 Å². The van der Waals surface area contributed by atoms with E-state index < -0.39 is 24.3 Å². The fourth-order valence-electron chi connectivity index (χ4n) is 3.00. The second-order valence-electron chi connectivity index (χ2n) is 6.59. The molecule has 32 heavy (non-hydrogen) atoms. The maximum atomic E-state index is 12.7. The molecule has 0 fully saturated rings. The van der Waals surface area contributed by atoms with Crippen LogP contribution in [0.1, 0.15) is 25.0 Å². The van der Waals surface area contributed by atoms with Crippen molar-refractivity contribution in [1.29, 1.82) is 0 Å². The summed E-state index contributed by atoms with van der Waals surface area (Å²) in [6.45, 7) is 2.17. The molecule has 2 atom stereocenters. The van der Waals surface area contributed by atoms with Gasteiger partial charge in [-0.25, -0.2) is 4.79 Å². The van der Waals surface area contributed by atoms with Crippen LogP contribution in [0.5, 0.6) is 5.75 Å². The highest BCUT2D eigenvalue weighted by Crippen LogP contribution is 2.33. The Morgan fingerprint density at radius 2 is 1.78 bits per heavy atom. The van der Waals surface area contributed by atoms with Gasteiger partial charge in [-0.15, -0.1) is 0 Å². The van der Waals surface area contributed by atoms with Crippen molar-refractivity contribution in [2.45, 2.75) is 25.6 Å². The van der Waals surface area contributed by atoms with Crippen LogP contribution in [0.15, 0.2) is 54.6 Å². The van der Waals surface area contributed by atoms with Crippen molar-refractivity contribution in [3.63, 3.8) is 0 Å². The van der Waals surface area contributed by atoms with Gasteiger partial charge in [0.25, 0.3) is 0 Å². The lowest BCUT2D eigenvalue weighted by Gasteiger charge is -2.28. The maximum Gasteiger partial charge on any atom is 0.412 e. The predicted molar refractivity (Wildman–Crippen MR) is 123 cm³/mol. The molecule has 0 heterocycles. The number of aliphatic hydroxyl groups is 1. The average molecular weight is 464 g/mol. The van der Waals surface area contributed by atoms with Crippen LogP contribution in [-0.2, 0) is 19.0 Å². The minimum atomic E-state index is -0.858. The van der Waals surface area contributed by atoms with Crippen molar-refractivity contribution in [1.82, 2.24) is 0 Å². The molecule has 2 aromatic carbocycles. The van der Waals surface area contributed by atoms with Gasteiger partial charge < -0.3 is 24.1 Å². The Morgan fingerprint density at radius 1 is 1.06 bits per heavy atom. The van der Waals surface area contributed by atoms with E-state index in [-0.39, 0.29) is 32.0 Å². The number of anilines is 1. The number of thiol groups is 1. The molecule has 174 valence electrons. The fourth-order valence-corrected chi connectivity index (χ4v) is 3.09. The number of benzene rings is 2. The highest BCUT2D eigenvalue weighted by molar-refractivity contribution is 7.81. The Labute approximate surface area is 193 Å². The van der Waals surface area contributed by atoms with E-state index in [2.05, 4.69) is 17.9 Å². The molecule has 0 bridgehead atoms. The first-order chi connectivity index (χ1) is 15.6. The third kappa shape index (κ3) is 8.41. The molecule has 0 radical (unpaired) electrons. The largest absolute Gasteiger partial charge is 0.491 e. The monoisotopic (exact) mass is 463 g/mol. The van der Waals surface area contributed by atoms with Gasteiger partial charge in [-0.2, -0.15) is 12.6 Å². The van der Waals surface area contributed by atoms with Crippen LogP contribution in [0.25, 0.3) is 0 Å². The van der Waals surface area contributed by atoms with Crippen LogP contribution in [0.4, 0.5) is 10.5 Å². The lowest BCUT2D eigenvalue weighted by molar-refractivity contribution is -0.142. The van der Waals surface area contributed by atoms with Gasteiger partial charge in [0.1, 0.15) is 18.5 Å². The van der Waals surface area contributed by atoms with Crippen molar-refractivity contribution in [2.24, 2.45) is 0 Å². The SMILES string of the molecule is CCO[C@H](CCOC(=O)CS)[C@H](OC(=O)Nc1ccccc1)c1ccccc1OCCO. The van der Waals surface area contributed by atoms with Crippen LogP contribution < -0.4 is 10.1 Å². The summed E-state index contributed by atoms with van der Waals surface area (Å²) in [5, 5.41) is 11.8. The topological polar surface area (TPSA) is 103 Å². The van der Waals surface area contributed by atoms with Crippen molar-refractivity contribution < 1.29 is 33.6 Å². The zero-order valence-electron chi connectivity index (χ0n) is 17.9. The fraction of sp³-hybridized carbons (Fsp3) is 0.391. The predicted octanol–water partition coefficient (Wildman–Crippen LogP) is 3.62. The van der Waals surface area contributed by atoms with E-state index >= 15 is 0 Å². The van der Waals surface area contributed by atoms with E-state index in [0.29, 0.717) is 23.6 Å². The Hall–Kier alpha value is -2.75. The van der Waals surface area contributed by atoms with Crippen LogP contribution in [0, 0.1) is 0 Å². The van der Waals surface area contributed by atoms with Gasteiger partial charge in [0.2, 0.25) is 0 Å². The summed E-state index contributed by atoms with van der Waals surface area (Å²) in [6.07, 6.45) is -1.86. The normalized spacial score (nSPS) is 12.5. The second kappa shape index (κ2) is 14.3. The number of nitrogens with one attached hydrogen (secondary N) is 1. The molecule has 2 rings (SSSR count). The molecule has 0 unspecified atom stereocenters. The summed E-state index contributed by atoms with van der Waals surface area (Å²) in [5.41, 5.74) is 1.15. The molecule has 1 amide bonds. The van der Waals surface area contributed by atoms with E-state index in [1.807, 2.05) is 13.0 Å². The van der Waals surface area contributed by atoms with Crippen molar-refractivity contribution in [3.8, 4) is 5.75 Å². The zero-order valence-corrected chi connectivity index (χ0v) is 18.8. The first-order valence-corrected chi connectivity index (χ1v) is 11.0. The van der Waals surface area contributed by atoms with E-state index in [1.54, 1.807) is 48.5 Å². The third-order valence-electron chi connectivity index (χ3n) is 4.34. The van der Waals surface area contributed by atoms with Gasteiger partial charge in [-0.3, -0.25) is 10.1 Å². The molecule has 0 aliphatic heterocycles. The Kier molecular flexibility index (Phi) is 11.4. The van der Waals surface area contributed by atoms with Gasteiger partial charge in [0, 0.05) is 24.3 Å². The molecular weight excluding hydrogens is 434 g/mol. The van der Waals surface area contributed by atoms with Gasteiger partial charge in [0.15, 0.2) is 6.10 Å². The number of carbonyl (C=O) groups excluding carboxylic acids is 2. The molecule has 2 aromatic rings. The maximum absolute atomic E-state index is 12.7. The number of rotatable bonds is 13. The van der Waals surface area contributed by atoms with Crippen molar-refractivity contribution in [2.75, 3.05) is 37.5 Å². The summed E-state index contributed by atoms with van der Waals surface area (Å²) < 4.78 is 22.4. The van der Waals surface area contributed by atoms with Gasteiger partial charge in [0.05, 0.1) is 19.0 Å². The highest BCUT2D eigenvalue weighted by Gasteiger charge is 2.30. The zero-order chi connectivity index (χ0) is 23.2. The van der Waals surface area contributed by atoms with Crippen LogP contribution in [-0.4, -0.2) is 55.5 Å². The average Bonchev–Trinajstić information content (AvgIpc) is 2.81. The summed E-state index contributed by atoms with van der Waals surface area (Å²) in [6, 6.07) is 16.0. The first kappa shape index (κ1) is 25.5. The van der Waals surface area contributed by atoms with Gasteiger partial charge >= 0.3 is 12.1 Å². The highest BCUT2D eigenvalue weighted by atomic mass is 32.1. The van der Waals surface area contributed by atoms with Crippen LogP contribution >= 0.6 is 12.6 Å². The van der Waals surface area contributed by atoms with E-state index in [9.17, 15) is 9.59 Å². The number of carbonyl (C=O) groups is 2. The number of ether oxygens (including phenoxy) is 4. The lowest BCUT2D eigenvalue weighted by Crippen LogP contribution is -2.30.